The first-order chi connectivity index (χ1) is 12.5. The molecule has 0 aromatic carbocycles. The third kappa shape index (κ3) is 7.14. The van der Waals surface area contributed by atoms with Gasteiger partial charge in [-0.2, -0.15) is 43.5 Å². The average Bonchev–Trinajstić information content (AvgIpc) is 2.56. The van der Waals surface area contributed by atoms with Crippen LogP contribution in [0.1, 0.15) is 51.9 Å². The molecule has 0 aromatic rings. The molecule has 0 bridgehead atoms. The molecule has 0 atom stereocenters. The van der Waals surface area contributed by atoms with Crippen LogP contribution >= 0.6 is 0 Å². The van der Waals surface area contributed by atoms with Crippen molar-refractivity contribution in [3.63, 3.8) is 0 Å². The van der Waals surface area contributed by atoms with E-state index < -0.39 is 46.0 Å². The van der Waals surface area contributed by atoms with Crippen molar-refractivity contribution >= 4 is 10.1 Å². The van der Waals surface area contributed by atoms with Gasteiger partial charge in [-0.25, -0.2) is 0 Å². The Bertz CT molecular complexity index is 568. The Kier molecular flexibility index (Phi) is 11.8. The predicted molar refractivity (Wildman–Crippen MR) is 88.6 cm³/mol. The minimum atomic E-state index is -7.04. The smallest absolute Gasteiger partial charge is 0.327 e. The lowest BCUT2D eigenvalue weighted by molar-refractivity contribution is -0.349. The van der Waals surface area contributed by atoms with Gasteiger partial charge in [-0.3, -0.25) is 4.55 Å². The minimum absolute atomic E-state index is 0.00800. The number of rotatable bonds is 12. The molecule has 28 heavy (non-hydrogen) atoms. The molecule has 0 saturated heterocycles. The first-order valence-electron chi connectivity index (χ1n) is 8.27. The number of nitrogens with two attached hydrogens (primary N) is 1. The summed E-state index contributed by atoms with van der Waals surface area (Å²) >= 11 is 0. The molecule has 0 aliphatic rings. The second-order valence-corrected chi connectivity index (χ2v) is 7.35. The Morgan fingerprint density at radius 3 is 1.64 bits per heavy atom. The molecule has 3 N–H and O–H groups in total. The summed E-state index contributed by atoms with van der Waals surface area (Å²) in [5.74, 6) is -19.3. The van der Waals surface area contributed by atoms with Gasteiger partial charge < -0.3 is 5.73 Å². The highest BCUT2D eigenvalue weighted by molar-refractivity contribution is 7.87. The van der Waals surface area contributed by atoms with Gasteiger partial charge >= 0.3 is 33.1 Å². The van der Waals surface area contributed by atoms with Crippen LogP contribution in [0.5, 0.6) is 0 Å². The van der Waals surface area contributed by atoms with Gasteiger partial charge in [0.25, 0.3) is 0 Å². The van der Waals surface area contributed by atoms with Gasteiger partial charge in [0.1, 0.15) is 0 Å². The van der Waals surface area contributed by atoms with Crippen molar-refractivity contribution in [1.82, 2.24) is 0 Å². The Morgan fingerprint density at radius 1 is 0.893 bits per heavy atom. The second kappa shape index (κ2) is 11.3. The zero-order valence-corrected chi connectivity index (χ0v) is 16.0. The number of hydrogen-bond donors (Lipinski definition) is 2. The van der Waals surface area contributed by atoms with Gasteiger partial charge in [0.05, 0.1) is 0 Å². The molecule has 170 valence electrons. The zero-order chi connectivity index (χ0) is 22.9. The molecule has 0 amide bonds. The van der Waals surface area contributed by atoms with Crippen molar-refractivity contribution in [2.45, 2.75) is 74.9 Å². The van der Waals surface area contributed by atoms with E-state index in [-0.39, 0.29) is 6.42 Å². The number of alkyl halides is 8. The molecule has 0 aromatic heterocycles. The molecule has 0 unspecified atom stereocenters. The van der Waals surface area contributed by atoms with Crippen molar-refractivity contribution in [3.8, 4) is 0 Å². The first-order valence-corrected chi connectivity index (χ1v) is 9.71. The first kappa shape index (κ1) is 29.3. The molecule has 0 heterocycles. The number of halogens is 8. The fourth-order valence-corrected chi connectivity index (χ4v) is 2.31. The summed E-state index contributed by atoms with van der Waals surface area (Å²) in [5.41, 5.74) is 4.91. The quantitative estimate of drug-likeness (QED) is 0.184. The van der Waals surface area contributed by atoms with Crippen molar-refractivity contribution in [1.29, 1.82) is 0 Å². The maximum Gasteiger partial charge on any atom is 0.438 e. The predicted octanol–water partition coefficient (Wildman–Crippen LogP) is 5.25. The molecular formula is C15H25F8NO3S. The largest absolute Gasteiger partial charge is 0.438 e. The van der Waals surface area contributed by atoms with Crippen LogP contribution in [0.4, 0.5) is 35.1 Å². The maximum atomic E-state index is 13.4. The second-order valence-electron chi connectivity index (χ2n) is 5.89. The number of unbranched alkanes of at least 4 members (excludes halogenated alkanes) is 5. The van der Waals surface area contributed by atoms with Gasteiger partial charge in [-0.15, -0.1) is 6.58 Å². The average molecular weight is 451 g/mol. The fraction of sp³-hybridized carbons (Fsp3) is 0.867. The Labute approximate surface area is 158 Å². The summed E-state index contributed by atoms with van der Waals surface area (Å²) in [6.45, 7) is 5.79. The fourth-order valence-electron chi connectivity index (χ4n) is 1.86. The highest BCUT2D eigenvalue weighted by Gasteiger charge is 2.84. The third-order valence-corrected chi connectivity index (χ3v) is 4.46. The van der Waals surface area contributed by atoms with E-state index in [1.807, 2.05) is 6.92 Å². The molecule has 0 aliphatic heterocycles. The standard InChI is InChI=1S/C12H18F8O3S.C3H7N/c1-2-3-4-5-6-7-8-9(13,14)10(15,16)11(17,18)12(19,20)24(21,22)23;1-2-3-4/h2-8H2,1H3,(H,21,22,23);2H,1,3-4H2. The van der Waals surface area contributed by atoms with E-state index in [1.165, 1.54) is 0 Å². The van der Waals surface area contributed by atoms with Crippen LogP contribution in [0.25, 0.3) is 0 Å². The lowest BCUT2D eigenvalue weighted by Crippen LogP contribution is -2.64. The highest BCUT2D eigenvalue weighted by Crippen LogP contribution is 2.55. The molecule has 0 saturated carbocycles. The van der Waals surface area contributed by atoms with Crippen LogP contribution in [0.3, 0.4) is 0 Å². The molecule has 0 fully saturated rings. The topological polar surface area (TPSA) is 80.4 Å². The molecule has 13 heteroatoms. The lowest BCUT2D eigenvalue weighted by atomic mass is 9.98. The van der Waals surface area contributed by atoms with E-state index in [0.717, 1.165) is 12.8 Å². The summed E-state index contributed by atoms with van der Waals surface area (Å²) < 4.78 is 134. The SMILES string of the molecule is C=CCN.CCCCCCCCC(F)(F)C(F)(F)C(F)(F)C(F)(F)S(=O)(=O)O. The van der Waals surface area contributed by atoms with E-state index in [2.05, 4.69) is 6.58 Å². The Morgan fingerprint density at radius 2 is 1.29 bits per heavy atom. The van der Waals surface area contributed by atoms with Gasteiger partial charge in [-0.1, -0.05) is 45.1 Å². The van der Waals surface area contributed by atoms with Crippen molar-refractivity contribution < 1.29 is 48.1 Å². The zero-order valence-electron chi connectivity index (χ0n) is 15.2. The van der Waals surface area contributed by atoms with Crippen LogP contribution in [-0.4, -0.2) is 42.5 Å². The maximum absolute atomic E-state index is 13.4. The minimum Gasteiger partial charge on any atom is -0.327 e. The Hall–Kier alpha value is -0.950. The van der Waals surface area contributed by atoms with Crippen molar-refractivity contribution in [2.24, 2.45) is 5.73 Å². The normalized spacial score (nSPS) is 13.7. The van der Waals surface area contributed by atoms with Crippen LogP contribution in [0.15, 0.2) is 12.7 Å². The number of hydrogen-bond acceptors (Lipinski definition) is 3. The summed E-state index contributed by atoms with van der Waals surface area (Å²) in [4.78, 5) is 0. The van der Waals surface area contributed by atoms with E-state index >= 15 is 0 Å². The van der Waals surface area contributed by atoms with Gasteiger partial charge in [0.15, 0.2) is 0 Å². The molecule has 0 aliphatic carbocycles. The molecular weight excluding hydrogens is 426 g/mol. The molecule has 0 rings (SSSR count). The van der Waals surface area contributed by atoms with Gasteiger partial charge in [0.2, 0.25) is 0 Å². The van der Waals surface area contributed by atoms with Crippen molar-refractivity contribution in [2.75, 3.05) is 6.54 Å². The Balaban J connectivity index is 0. The highest BCUT2D eigenvalue weighted by atomic mass is 32.2. The van der Waals surface area contributed by atoms with E-state index in [4.69, 9.17) is 10.3 Å². The van der Waals surface area contributed by atoms with Gasteiger partial charge in [-0.05, 0) is 6.42 Å². The molecule has 4 nitrogen and oxygen atoms in total. The lowest BCUT2D eigenvalue weighted by Gasteiger charge is -2.35. The van der Waals surface area contributed by atoms with E-state index in [9.17, 15) is 43.5 Å². The van der Waals surface area contributed by atoms with Crippen LogP contribution in [-0.2, 0) is 10.1 Å². The van der Waals surface area contributed by atoms with Gasteiger partial charge in [0, 0.05) is 13.0 Å². The third-order valence-electron chi connectivity index (χ3n) is 3.55. The summed E-state index contributed by atoms with van der Waals surface area (Å²) in [7, 11) is -7.04. The monoisotopic (exact) mass is 451 g/mol. The summed E-state index contributed by atoms with van der Waals surface area (Å²) in [6.07, 6.45) is 1.72. The summed E-state index contributed by atoms with van der Waals surface area (Å²) in [5, 5.41) is -6.77. The van der Waals surface area contributed by atoms with Crippen LogP contribution in [0.2, 0.25) is 0 Å². The van der Waals surface area contributed by atoms with Crippen LogP contribution < -0.4 is 5.73 Å². The van der Waals surface area contributed by atoms with E-state index in [1.54, 1.807) is 6.08 Å². The molecule has 0 radical (unpaired) electrons. The molecule has 0 spiro atoms. The summed E-state index contributed by atoms with van der Waals surface area (Å²) in [6, 6.07) is 0. The van der Waals surface area contributed by atoms with Crippen molar-refractivity contribution in [3.05, 3.63) is 12.7 Å². The van der Waals surface area contributed by atoms with Crippen LogP contribution in [0, 0.1) is 0 Å². The van der Waals surface area contributed by atoms with E-state index in [0.29, 0.717) is 19.4 Å².